The first-order valence-corrected chi connectivity index (χ1v) is 10.2. The normalized spacial score (nSPS) is 15.7. The van der Waals surface area contributed by atoms with Gasteiger partial charge in [-0.3, -0.25) is 9.89 Å². The van der Waals surface area contributed by atoms with Gasteiger partial charge in [0.05, 0.1) is 25.4 Å². The average molecular weight is 472 g/mol. The van der Waals surface area contributed by atoms with E-state index in [0.29, 0.717) is 5.69 Å². The van der Waals surface area contributed by atoms with Gasteiger partial charge in [-0.15, -0.1) is 0 Å². The lowest BCUT2D eigenvalue weighted by Gasteiger charge is -2.29. The molecule has 1 aliphatic rings. The van der Waals surface area contributed by atoms with E-state index in [0.717, 1.165) is 32.6 Å². The van der Waals surface area contributed by atoms with E-state index in [9.17, 15) is 4.79 Å². The molecule has 0 radical (unpaired) electrons. The molecular formula is C22H22BrN3O4. The Balaban J connectivity index is 1.86. The van der Waals surface area contributed by atoms with Crippen molar-refractivity contribution in [3.05, 3.63) is 69.8 Å². The van der Waals surface area contributed by atoms with Crippen LogP contribution in [-0.4, -0.2) is 55.2 Å². The Morgan fingerprint density at radius 2 is 1.90 bits per heavy atom. The van der Waals surface area contributed by atoms with Gasteiger partial charge < -0.3 is 19.1 Å². The number of amides is 1. The Morgan fingerprint density at radius 1 is 1.13 bits per heavy atom. The number of hydrogen-bond donors (Lipinski definition) is 1. The van der Waals surface area contributed by atoms with Crippen LogP contribution < -0.4 is 4.74 Å². The van der Waals surface area contributed by atoms with Crippen LogP contribution in [0.25, 0.3) is 11.3 Å². The lowest BCUT2D eigenvalue weighted by Crippen LogP contribution is -2.38. The van der Waals surface area contributed by atoms with E-state index in [1.54, 1.807) is 26.2 Å². The van der Waals surface area contributed by atoms with Crippen LogP contribution in [0.2, 0.25) is 0 Å². The number of aromatic nitrogens is 2. The molecule has 8 heteroatoms. The Hall–Kier alpha value is -2.68. The standard InChI is InChI=1S/C22H22BrN3O4/c1-28-16-9-5-6-13(11-16)19-18-20(25-24-19)22(27)26(12-17(29-2)30-3)21(18)14-7-4-8-15(23)10-14/h4-11,17,21H,12H2,1-3H3,(H,24,25). The van der Waals surface area contributed by atoms with E-state index in [2.05, 4.69) is 26.1 Å². The topological polar surface area (TPSA) is 76.7 Å². The smallest absolute Gasteiger partial charge is 0.273 e. The van der Waals surface area contributed by atoms with Gasteiger partial charge in [0.2, 0.25) is 0 Å². The highest BCUT2D eigenvalue weighted by atomic mass is 79.9. The summed E-state index contributed by atoms with van der Waals surface area (Å²) >= 11 is 3.54. The van der Waals surface area contributed by atoms with Crippen molar-refractivity contribution < 1.29 is 19.0 Å². The third-order valence-electron chi connectivity index (χ3n) is 5.24. The van der Waals surface area contributed by atoms with Gasteiger partial charge >= 0.3 is 0 Å². The van der Waals surface area contributed by atoms with Gasteiger partial charge in [0.1, 0.15) is 11.4 Å². The minimum atomic E-state index is -0.541. The molecule has 1 unspecified atom stereocenters. The fraction of sp³-hybridized carbons (Fsp3) is 0.273. The number of H-pyrrole nitrogens is 1. The first-order chi connectivity index (χ1) is 14.6. The summed E-state index contributed by atoms with van der Waals surface area (Å²) in [4.78, 5) is 15.1. The van der Waals surface area contributed by atoms with Crippen molar-refractivity contribution in [1.29, 1.82) is 0 Å². The maximum atomic E-state index is 13.3. The lowest BCUT2D eigenvalue weighted by atomic mass is 9.96. The van der Waals surface area contributed by atoms with Gasteiger partial charge in [0, 0.05) is 29.8 Å². The van der Waals surface area contributed by atoms with Crippen molar-refractivity contribution >= 4 is 21.8 Å². The van der Waals surface area contributed by atoms with Crippen LogP contribution in [0, 0.1) is 0 Å². The molecule has 2 heterocycles. The van der Waals surface area contributed by atoms with Gasteiger partial charge in [-0.2, -0.15) is 5.10 Å². The molecule has 1 aliphatic heterocycles. The van der Waals surface area contributed by atoms with Crippen LogP contribution in [-0.2, 0) is 9.47 Å². The maximum Gasteiger partial charge on any atom is 0.273 e. The van der Waals surface area contributed by atoms with E-state index in [-0.39, 0.29) is 18.5 Å². The summed E-state index contributed by atoms with van der Waals surface area (Å²) in [6.45, 7) is 0.281. The molecule has 1 atom stereocenters. The summed E-state index contributed by atoms with van der Waals surface area (Å²) in [6.07, 6.45) is -0.541. The van der Waals surface area contributed by atoms with Crippen molar-refractivity contribution in [2.24, 2.45) is 0 Å². The highest BCUT2D eigenvalue weighted by Gasteiger charge is 2.43. The van der Waals surface area contributed by atoms with Crippen LogP contribution in [0.5, 0.6) is 5.75 Å². The minimum Gasteiger partial charge on any atom is -0.497 e. The number of fused-ring (bicyclic) bond motifs is 1. The van der Waals surface area contributed by atoms with Gasteiger partial charge in [0.25, 0.3) is 5.91 Å². The molecule has 156 valence electrons. The summed E-state index contributed by atoms with van der Waals surface area (Å²) in [5, 5.41) is 7.43. The van der Waals surface area contributed by atoms with Crippen LogP contribution in [0.15, 0.2) is 53.0 Å². The monoisotopic (exact) mass is 471 g/mol. The molecule has 2 aromatic carbocycles. The quantitative estimate of drug-likeness (QED) is 0.526. The average Bonchev–Trinajstić information content (AvgIpc) is 3.31. The molecule has 0 spiro atoms. The van der Waals surface area contributed by atoms with E-state index in [1.165, 1.54) is 0 Å². The molecule has 1 N–H and O–H groups in total. The van der Waals surface area contributed by atoms with Crippen LogP contribution in [0.3, 0.4) is 0 Å². The Morgan fingerprint density at radius 3 is 2.60 bits per heavy atom. The Kier molecular flexibility index (Phi) is 5.90. The molecule has 0 saturated carbocycles. The number of hydrogen-bond acceptors (Lipinski definition) is 5. The predicted octanol–water partition coefficient (Wildman–Crippen LogP) is 4.01. The fourth-order valence-corrected chi connectivity index (χ4v) is 4.22. The van der Waals surface area contributed by atoms with Crippen molar-refractivity contribution in [1.82, 2.24) is 15.1 Å². The third-order valence-corrected chi connectivity index (χ3v) is 5.74. The molecule has 30 heavy (non-hydrogen) atoms. The summed E-state index contributed by atoms with van der Waals surface area (Å²) in [7, 11) is 4.75. The zero-order chi connectivity index (χ0) is 21.3. The number of rotatable bonds is 7. The fourth-order valence-electron chi connectivity index (χ4n) is 3.80. The van der Waals surface area contributed by atoms with Crippen molar-refractivity contribution in [3.8, 4) is 17.0 Å². The maximum absolute atomic E-state index is 13.3. The van der Waals surface area contributed by atoms with E-state index < -0.39 is 6.29 Å². The Labute approximate surface area is 183 Å². The second-order valence-electron chi connectivity index (χ2n) is 6.91. The molecule has 0 saturated heterocycles. The first-order valence-electron chi connectivity index (χ1n) is 9.42. The number of aromatic amines is 1. The molecule has 3 aromatic rings. The highest BCUT2D eigenvalue weighted by Crippen LogP contribution is 2.43. The van der Waals surface area contributed by atoms with E-state index in [4.69, 9.17) is 14.2 Å². The molecule has 0 aliphatic carbocycles. The lowest BCUT2D eigenvalue weighted by molar-refractivity contribution is -0.113. The first kappa shape index (κ1) is 20.6. The molecule has 4 rings (SSSR count). The van der Waals surface area contributed by atoms with E-state index >= 15 is 0 Å². The van der Waals surface area contributed by atoms with Crippen LogP contribution in [0.4, 0.5) is 0 Å². The Bertz CT molecular complexity index is 1060. The second kappa shape index (κ2) is 8.59. The van der Waals surface area contributed by atoms with Crippen LogP contribution >= 0.6 is 15.9 Å². The number of halogens is 1. The number of nitrogens with zero attached hydrogens (tertiary/aromatic N) is 2. The summed E-state index contributed by atoms with van der Waals surface area (Å²) < 4.78 is 17.0. The minimum absolute atomic E-state index is 0.143. The van der Waals surface area contributed by atoms with Crippen molar-refractivity contribution in [3.63, 3.8) is 0 Å². The van der Waals surface area contributed by atoms with E-state index in [1.807, 2.05) is 48.5 Å². The van der Waals surface area contributed by atoms with Gasteiger partial charge in [-0.1, -0.05) is 40.2 Å². The van der Waals surface area contributed by atoms with Gasteiger partial charge in [-0.25, -0.2) is 0 Å². The molecule has 1 amide bonds. The second-order valence-corrected chi connectivity index (χ2v) is 7.82. The zero-order valence-electron chi connectivity index (χ0n) is 16.9. The summed E-state index contributed by atoms with van der Waals surface area (Å²) in [6, 6.07) is 15.2. The van der Waals surface area contributed by atoms with Crippen molar-refractivity contribution in [2.75, 3.05) is 27.9 Å². The number of nitrogens with one attached hydrogen (secondary N) is 1. The number of carbonyl (C=O) groups excluding carboxylic acids is 1. The number of carbonyl (C=O) groups is 1. The molecule has 7 nitrogen and oxygen atoms in total. The van der Waals surface area contributed by atoms with Gasteiger partial charge in [-0.05, 0) is 29.8 Å². The SMILES string of the molecule is COc1cccc(-c2n[nH]c3c2C(c2cccc(Br)c2)N(CC(OC)OC)C3=O)c1. The molecule has 1 aromatic heterocycles. The highest BCUT2D eigenvalue weighted by molar-refractivity contribution is 9.10. The number of ether oxygens (including phenoxy) is 3. The number of benzene rings is 2. The zero-order valence-corrected chi connectivity index (χ0v) is 18.5. The van der Waals surface area contributed by atoms with Crippen molar-refractivity contribution in [2.45, 2.75) is 12.3 Å². The molecule has 0 bridgehead atoms. The summed E-state index contributed by atoms with van der Waals surface area (Å²) in [5.74, 6) is 0.582. The third kappa shape index (κ3) is 3.62. The largest absolute Gasteiger partial charge is 0.497 e. The van der Waals surface area contributed by atoms with Gasteiger partial charge in [0.15, 0.2) is 6.29 Å². The predicted molar refractivity (Wildman–Crippen MR) is 115 cm³/mol. The number of methoxy groups -OCH3 is 3. The molecular weight excluding hydrogens is 450 g/mol. The molecule has 0 fully saturated rings. The van der Waals surface area contributed by atoms with Crippen LogP contribution in [0.1, 0.15) is 27.7 Å². The summed E-state index contributed by atoms with van der Waals surface area (Å²) in [5.41, 5.74) is 3.86.